The van der Waals surface area contributed by atoms with Crippen molar-refractivity contribution in [3.05, 3.63) is 75.3 Å². The van der Waals surface area contributed by atoms with E-state index in [1.807, 2.05) is 0 Å². The molecule has 1 saturated heterocycles. The lowest BCUT2D eigenvalue weighted by atomic mass is 9.94. The molecule has 0 aromatic heterocycles. The Morgan fingerprint density at radius 1 is 0.878 bits per heavy atom. The lowest BCUT2D eigenvalue weighted by molar-refractivity contribution is -0.384. The van der Waals surface area contributed by atoms with Gasteiger partial charge in [-0.25, -0.2) is 0 Å². The minimum Gasteiger partial charge on any atom is -0.463 e. The minimum atomic E-state index is -1.49. The summed E-state index contributed by atoms with van der Waals surface area (Å²) in [5.74, 6) is -3.74. The van der Waals surface area contributed by atoms with Crippen molar-refractivity contribution in [1.82, 2.24) is 4.90 Å². The number of nitrogens with zero attached hydrogens (tertiary/aromatic N) is 2. The Labute approximate surface area is 233 Å². The van der Waals surface area contributed by atoms with Crippen molar-refractivity contribution < 1.29 is 52.6 Å². The number of benzene rings is 2. The molecule has 0 radical (unpaired) electrons. The van der Waals surface area contributed by atoms with Crippen molar-refractivity contribution in [3.8, 4) is 0 Å². The fourth-order valence-electron chi connectivity index (χ4n) is 4.67. The molecule has 0 bridgehead atoms. The topological polar surface area (TPSA) is 178 Å². The number of rotatable bonds is 9. The molecule has 0 unspecified atom stereocenters. The van der Waals surface area contributed by atoms with Gasteiger partial charge in [-0.05, 0) is 29.8 Å². The molecular formula is C27H26N2O12. The van der Waals surface area contributed by atoms with Gasteiger partial charge < -0.3 is 23.7 Å². The van der Waals surface area contributed by atoms with Crippen LogP contribution in [-0.4, -0.2) is 76.8 Å². The first-order valence-electron chi connectivity index (χ1n) is 12.4. The number of non-ortho nitro benzene ring substituents is 1. The van der Waals surface area contributed by atoms with Gasteiger partial charge in [0.1, 0.15) is 18.8 Å². The smallest absolute Gasteiger partial charge is 0.303 e. The minimum absolute atomic E-state index is 0.0965. The Morgan fingerprint density at radius 2 is 1.44 bits per heavy atom. The zero-order valence-corrected chi connectivity index (χ0v) is 22.2. The summed E-state index contributed by atoms with van der Waals surface area (Å²) in [7, 11) is 0. The fraction of sp³-hybridized carbons (Fsp3) is 0.370. The summed E-state index contributed by atoms with van der Waals surface area (Å²) in [5.41, 5.74) is 0.522. The zero-order chi connectivity index (χ0) is 29.8. The van der Waals surface area contributed by atoms with Crippen molar-refractivity contribution in [1.29, 1.82) is 0 Å². The molecule has 1 fully saturated rings. The molecule has 5 atom stereocenters. The van der Waals surface area contributed by atoms with Crippen LogP contribution >= 0.6 is 0 Å². The predicted octanol–water partition coefficient (Wildman–Crippen LogP) is 1.93. The molecule has 2 aromatic carbocycles. The van der Waals surface area contributed by atoms with Gasteiger partial charge in [0.15, 0.2) is 18.5 Å². The van der Waals surface area contributed by atoms with E-state index in [1.54, 1.807) is 12.1 Å². The highest BCUT2D eigenvalue weighted by atomic mass is 16.7. The summed E-state index contributed by atoms with van der Waals surface area (Å²) in [6, 6.07) is 10.0. The van der Waals surface area contributed by atoms with Gasteiger partial charge in [-0.3, -0.25) is 39.0 Å². The van der Waals surface area contributed by atoms with Gasteiger partial charge in [-0.1, -0.05) is 12.1 Å². The molecule has 4 rings (SSSR count). The molecule has 216 valence electrons. The molecule has 2 aliphatic heterocycles. The van der Waals surface area contributed by atoms with E-state index in [4.69, 9.17) is 23.7 Å². The number of hydrogen-bond acceptors (Lipinski definition) is 12. The van der Waals surface area contributed by atoms with E-state index < -0.39 is 71.9 Å². The van der Waals surface area contributed by atoms with Crippen molar-refractivity contribution in [2.24, 2.45) is 0 Å². The molecule has 14 heteroatoms. The maximum absolute atomic E-state index is 13.5. The van der Waals surface area contributed by atoms with E-state index in [0.717, 1.165) is 25.7 Å². The van der Waals surface area contributed by atoms with Gasteiger partial charge in [-0.15, -0.1) is 0 Å². The monoisotopic (exact) mass is 570 g/mol. The molecule has 14 nitrogen and oxygen atoms in total. The van der Waals surface area contributed by atoms with Crippen LogP contribution in [0.25, 0.3) is 0 Å². The summed E-state index contributed by atoms with van der Waals surface area (Å²) in [5, 5.41) is 11.0. The lowest BCUT2D eigenvalue weighted by Crippen LogP contribution is -2.67. The number of amides is 2. The predicted molar refractivity (Wildman–Crippen MR) is 135 cm³/mol. The van der Waals surface area contributed by atoms with Crippen molar-refractivity contribution >= 4 is 35.4 Å². The lowest BCUT2D eigenvalue weighted by Gasteiger charge is -2.47. The highest BCUT2D eigenvalue weighted by Gasteiger charge is 2.57. The Bertz CT molecular complexity index is 1340. The van der Waals surface area contributed by atoms with Crippen LogP contribution in [0.3, 0.4) is 0 Å². The Hall–Kier alpha value is -4.69. The van der Waals surface area contributed by atoms with E-state index in [1.165, 1.54) is 36.4 Å². The number of hydrogen-bond donors (Lipinski definition) is 0. The first-order chi connectivity index (χ1) is 19.5. The maximum Gasteiger partial charge on any atom is 0.303 e. The SMILES string of the molecule is CC(=O)OC[C@H]1O[C@@H](OCc2ccc([N+](=O)[O-])cc2)[C@H](N2C(=O)c3ccccc3C2=O)[C@@H](OC(C)=O)[C@@H]1OC(C)=O. The average Bonchev–Trinajstić information content (AvgIpc) is 3.17. The van der Waals surface area contributed by atoms with E-state index >= 15 is 0 Å². The second-order valence-electron chi connectivity index (χ2n) is 9.24. The van der Waals surface area contributed by atoms with Crippen LogP contribution in [0, 0.1) is 10.1 Å². The van der Waals surface area contributed by atoms with Crippen LogP contribution in [-0.2, 0) is 44.7 Å². The molecule has 0 saturated carbocycles. The molecule has 2 aliphatic rings. The van der Waals surface area contributed by atoms with Crippen LogP contribution in [0.4, 0.5) is 5.69 Å². The first kappa shape index (κ1) is 29.3. The summed E-state index contributed by atoms with van der Waals surface area (Å²) in [4.78, 5) is 74.2. The molecule has 41 heavy (non-hydrogen) atoms. The number of nitro benzene ring substituents is 1. The summed E-state index contributed by atoms with van der Waals surface area (Å²) in [6.45, 7) is 2.68. The highest BCUT2D eigenvalue weighted by Crippen LogP contribution is 2.36. The number of carbonyl (C=O) groups excluding carboxylic acids is 5. The van der Waals surface area contributed by atoms with Crippen LogP contribution < -0.4 is 0 Å². The van der Waals surface area contributed by atoms with E-state index in [2.05, 4.69) is 0 Å². The number of esters is 3. The molecule has 0 spiro atoms. The van der Waals surface area contributed by atoms with Crippen LogP contribution in [0.15, 0.2) is 48.5 Å². The van der Waals surface area contributed by atoms with E-state index in [-0.39, 0.29) is 23.4 Å². The largest absolute Gasteiger partial charge is 0.463 e. The second kappa shape index (κ2) is 12.2. The second-order valence-corrected chi connectivity index (χ2v) is 9.24. The van der Waals surface area contributed by atoms with Gasteiger partial charge in [-0.2, -0.15) is 0 Å². The Balaban J connectivity index is 1.75. The zero-order valence-electron chi connectivity index (χ0n) is 22.2. The van der Waals surface area contributed by atoms with E-state index in [0.29, 0.717) is 5.56 Å². The summed E-state index contributed by atoms with van der Waals surface area (Å²) in [6.07, 6.45) is -5.62. The standard InChI is InChI=1S/C27H26N2O12/c1-14(30)37-13-21-23(39-15(2)31)24(40-16(3)32)22(28-25(33)19-6-4-5-7-20(19)26(28)34)27(41-21)38-12-17-8-10-18(11-9-17)29(35)36/h4-11,21-24,27H,12-13H2,1-3H3/t21-,22-,23-,24-,27-/m1/s1. The molecule has 2 heterocycles. The van der Waals surface area contributed by atoms with E-state index in [9.17, 15) is 34.1 Å². The third-order valence-electron chi connectivity index (χ3n) is 6.35. The molecule has 0 N–H and O–H groups in total. The molecular weight excluding hydrogens is 544 g/mol. The van der Waals surface area contributed by atoms with Crippen molar-refractivity contribution in [2.75, 3.05) is 6.61 Å². The maximum atomic E-state index is 13.5. The Kier molecular flexibility index (Phi) is 8.74. The van der Waals surface area contributed by atoms with Gasteiger partial charge in [0.25, 0.3) is 17.5 Å². The molecule has 0 aliphatic carbocycles. The normalized spacial score (nSPS) is 23.5. The number of ether oxygens (including phenoxy) is 5. The van der Waals surface area contributed by atoms with Gasteiger partial charge in [0, 0.05) is 32.9 Å². The van der Waals surface area contributed by atoms with Crippen LogP contribution in [0.5, 0.6) is 0 Å². The molecule has 2 aromatic rings. The third-order valence-corrected chi connectivity index (χ3v) is 6.35. The highest BCUT2D eigenvalue weighted by molar-refractivity contribution is 6.21. The van der Waals surface area contributed by atoms with Crippen LogP contribution in [0.2, 0.25) is 0 Å². The summed E-state index contributed by atoms with van der Waals surface area (Å²) < 4.78 is 28.1. The van der Waals surface area contributed by atoms with Gasteiger partial charge in [0.2, 0.25) is 0 Å². The number of nitro groups is 1. The van der Waals surface area contributed by atoms with Crippen LogP contribution in [0.1, 0.15) is 47.1 Å². The quantitative estimate of drug-likeness (QED) is 0.141. The first-order valence-corrected chi connectivity index (χ1v) is 12.4. The number of fused-ring (bicyclic) bond motifs is 1. The Morgan fingerprint density at radius 3 is 1.95 bits per heavy atom. The molecule has 2 amide bonds. The summed E-state index contributed by atoms with van der Waals surface area (Å²) >= 11 is 0. The fourth-order valence-corrected chi connectivity index (χ4v) is 4.67. The number of carbonyl (C=O) groups is 5. The third kappa shape index (κ3) is 6.39. The van der Waals surface area contributed by atoms with Gasteiger partial charge in [0.05, 0.1) is 22.7 Å². The van der Waals surface area contributed by atoms with Gasteiger partial charge >= 0.3 is 17.9 Å². The average molecular weight is 571 g/mol. The number of imide groups is 1. The van der Waals surface area contributed by atoms with Crippen molar-refractivity contribution in [3.63, 3.8) is 0 Å². The van der Waals surface area contributed by atoms with Crippen molar-refractivity contribution in [2.45, 2.75) is 58.0 Å².